The second-order valence-electron chi connectivity index (χ2n) is 8.70. The minimum Gasteiger partial charge on any atom is -0.370 e. The highest BCUT2D eigenvalue weighted by Crippen LogP contribution is 2.29. The number of morpholine rings is 1. The van der Waals surface area contributed by atoms with Crippen molar-refractivity contribution in [3.05, 3.63) is 71.8 Å². The second kappa shape index (κ2) is 10.2. The Balaban J connectivity index is 1.42. The van der Waals surface area contributed by atoms with Crippen LogP contribution in [0, 0.1) is 0 Å². The van der Waals surface area contributed by atoms with Gasteiger partial charge in [-0.2, -0.15) is 9.97 Å². The normalized spacial score (nSPS) is 18.9. The van der Waals surface area contributed by atoms with Crippen molar-refractivity contribution in [1.82, 2.24) is 9.97 Å². The van der Waals surface area contributed by atoms with Crippen molar-refractivity contribution in [2.75, 3.05) is 47.9 Å². The van der Waals surface area contributed by atoms with Gasteiger partial charge in [0.15, 0.2) is 0 Å². The number of benzene rings is 2. The van der Waals surface area contributed by atoms with Gasteiger partial charge in [0, 0.05) is 37.9 Å². The van der Waals surface area contributed by atoms with Gasteiger partial charge in [-0.05, 0) is 42.5 Å². The summed E-state index contributed by atoms with van der Waals surface area (Å²) in [6, 6.07) is 20.6. The van der Waals surface area contributed by atoms with Crippen LogP contribution in [0.2, 0.25) is 0 Å². The number of hydrogen-bond acceptors (Lipinski definition) is 7. The molecular weight excluding hydrogens is 412 g/mol. The molecule has 0 aliphatic carbocycles. The zero-order chi connectivity index (χ0) is 22.5. The van der Waals surface area contributed by atoms with Gasteiger partial charge >= 0.3 is 0 Å². The summed E-state index contributed by atoms with van der Waals surface area (Å²) >= 11 is 0. The highest BCUT2D eigenvalue weighted by Gasteiger charge is 2.25. The van der Waals surface area contributed by atoms with E-state index in [1.165, 1.54) is 24.8 Å². The first-order chi connectivity index (χ1) is 16.3. The molecule has 0 spiro atoms. The number of piperidine rings is 1. The average Bonchev–Trinajstić information content (AvgIpc) is 2.90. The summed E-state index contributed by atoms with van der Waals surface area (Å²) in [5, 5.41) is 3.48. The van der Waals surface area contributed by atoms with Gasteiger partial charge in [0.1, 0.15) is 17.7 Å². The van der Waals surface area contributed by atoms with Crippen molar-refractivity contribution in [2.45, 2.75) is 31.9 Å². The third-order valence-electron chi connectivity index (χ3n) is 6.36. The predicted molar refractivity (Wildman–Crippen MR) is 133 cm³/mol. The van der Waals surface area contributed by atoms with Crippen LogP contribution in [0.25, 0.3) is 0 Å². The van der Waals surface area contributed by atoms with E-state index in [2.05, 4.69) is 45.4 Å². The SMILES string of the molecule is NCc1ccc(Nc2cc(N3CCCCC3)nc(N3CCOC(c4ccccc4)C3)n2)cc1. The van der Waals surface area contributed by atoms with Crippen LogP contribution in [-0.4, -0.2) is 42.8 Å². The molecule has 3 heterocycles. The Kier molecular flexibility index (Phi) is 6.69. The minimum absolute atomic E-state index is 0.0161. The van der Waals surface area contributed by atoms with Gasteiger partial charge in [-0.3, -0.25) is 0 Å². The smallest absolute Gasteiger partial charge is 0.229 e. The zero-order valence-electron chi connectivity index (χ0n) is 19.0. The summed E-state index contributed by atoms with van der Waals surface area (Å²) < 4.78 is 6.08. The van der Waals surface area contributed by atoms with Crippen LogP contribution in [0.5, 0.6) is 0 Å². The average molecular weight is 445 g/mol. The Bertz CT molecular complexity index is 1040. The summed E-state index contributed by atoms with van der Waals surface area (Å²) in [5.41, 5.74) is 9.04. The molecule has 0 saturated carbocycles. The fraction of sp³-hybridized carbons (Fsp3) is 0.385. The molecule has 7 heteroatoms. The maximum absolute atomic E-state index is 6.08. The van der Waals surface area contributed by atoms with Crippen LogP contribution in [0.15, 0.2) is 60.7 Å². The number of anilines is 4. The van der Waals surface area contributed by atoms with Gasteiger partial charge in [0.2, 0.25) is 5.95 Å². The molecule has 2 aliphatic heterocycles. The van der Waals surface area contributed by atoms with Crippen LogP contribution in [0.1, 0.15) is 36.5 Å². The van der Waals surface area contributed by atoms with E-state index in [1.807, 2.05) is 30.3 Å². The molecule has 2 saturated heterocycles. The van der Waals surface area contributed by atoms with E-state index in [9.17, 15) is 0 Å². The van der Waals surface area contributed by atoms with Crippen LogP contribution in [0.3, 0.4) is 0 Å². The number of nitrogens with two attached hydrogens (primary N) is 1. The first-order valence-electron chi connectivity index (χ1n) is 11.9. The summed E-state index contributed by atoms with van der Waals surface area (Å²) in [6.07, 6.45) is 3.71. The van der Waals surface area contributed by atoms with E-state index < -0.39 is 0 Å². The Morgan fingerprint density at radius 1 is 0.909 bits per heavy atom. The largest absolute Gasteiger partial charge is 0.370 e. The number of hydrogen-bond donors (Lipinski definition) is 2. The fourth-order valence-electron chi connectivity index (χ4n) is 4.48. The molecule has 3 N–H and O–H groups in total. The van der Waals surface area contributed by atoms with Crippen molar-refractivity contribution >= 4 is 23.3 Å². The number of ether oxygens (including phenoxy) is 1. The third kappa shape index (κ3) is 5.26. The molecular formula is C26H32N6O. The standard InChI is InChI=1S/C26H32N6O/c27-18-20-9-11-22(12-10-20)28-24-17-25(31-13-5-2-6-14-31)30-26(29-24)32-15-16-33-23(19-32)21-7-3-1-4-8-21/h1,3-4,7-12,17,23H,2,5-6,13-16,18-19,27H2,(H,28,29,30). The molecule has 0 radical (unpaired) electrons. The van der Waals surface area contributed by atoms with Gasteiger partial charge in [-0.15, -0.1) is 0 Å². The van der Waals surface area contributed by atoms with Crippen LogP contribution in [-0.2, 0) is 11.3 Å². The molecule has 0 bridgehead atoms. The summed E-state index contributed by atoms with van der Waals surface area (Å²) in [7, 11) is 0. The first-order valence-corrected chi connectivity index (χ1v) is 11.9. The Morgan fingerprint density at radius 2 is 1.70 bits per heavy atom. The molecule has 1 atom stereocenters. The van der Waals surface area contributed by atoms with E-state index in [0.717, 1.165) is 55.0 Å². The van der Waals surface area contributed by atoms with E-state index in [4.69, 9.17) is 20.4 Å². The first kappa shape index (κ1) is 21.7. The highest BCUT2D eigenvalue weighted by molar-refractivity contribution is 5.62. The third-order valence-corrected chi connectivity index (χ3v) is 6.36. The minimum atomic E-state index is 0.0161. The van der Waals surface area contributed by atoms with Crippen LogP contribution >= 0.6 is 0 Å². The predicted octanol–water partition coefficient (Wildman–Crippen LogP) is 4.25. The van der Waals surface area contributed by atoms with Gasteiger partial charge < -0.3 is 25.6 Å². The molecule has 5 rings (SSSR count). The number of nitrogens with zero attached hydrogens (tertiary/aromatic N) is 4. The van der Waals surface area contributed by atoms with Crippen molar-refractivity contribution in [3.8, 4) is 0 Å². The zero-order valence-corrected chi connectivity index (χ0v) is 19.0. The molecule has 2 fully saturated rings. The van der Waals surface area contributed by atoms with Gasteiger partial charge in [0.25, 0.3) is 0 Å². The van der Waals surface area contributed by atoms with Crippen molar-refractivity contribution in [1.29, 1.82) is 0 Å². The van der Waals surface area contributed by atoms with E-state index >= 15 is 0 Å². The molecule has 0 amide bonds. The topological polar surface area (TPSA) is 79.5 Å². The maximum Gasteiger partial charge on any atom is 0.229 e. The van der Waals surface area contributed by atoms with E-state index in [-0.39, 0.29) is 6.10 Å². The monoisotopic (exact) mass is 444 g/mol. The maximum atomic E-state index is 6.08. The Labute approximate surface area is 195 Å². The summed E-state index contributed by atoms with van der Waals surface area (Å²) in [4.78, 5) is 14.6. The lowest BCUT2D eigenvalue weighted by Gasteiger charge is -2.34. The highest BCUT2D eigenvalue weighted by atomic mass is 16.5. The molecule has 7 nitrogen and oxygen atoms in total. The van der Waals surface area contributed by atoms with Crippen LogP contribution in [0.4, 0.5) is 23.3 Å². The number of rotatable bonds is 6. The molecule has 2 aliphatic rings. The lowest BCUT2D eigenvalue weighted by Crippen LogP contribution is -2.40. The van der Waals surface area contributed by atoms with Gasteiger partial charge in [-0.1, -0.05) is 42.5 Å². The van der Waals surface area contributed by atoms with E-state index in [1.54, 1.807) is 0 Å². The molecule has 1 aromatic heterocycles. The summed E-state index contributed by atoms with van der Waals surface area (Å²) in [6.45, 7) is 4.78. The molecule has 172 valence electrons. The lowest BCUT2D eigenvalue weighted by molar-refractivity contribution is 0.0392. The van der Waals surface area contributed by atoms with Gasteiger partial charge in [0.05, 0.1) is 13.2 Å². The Hall–Kier alpha value is -3.16. The van der Waals surface area contributed by atoms with Crippen molar-refractivity contribution < 1.29 is 4.74 Å². The molecule has 33 heavy (non-hydrogen) atoms. The van der Waals surface area contributed by atoms with Crippen molar-refractivity contribution in [2.24, 2.45) is 5.73 Å². The van der Waals surface area contributed by atoms with Crippen molar-refractivity contribution in [3.63, 3.8) is 0 Å². The quantitative estimate of drug-likeness (QED) is 0.588. The number of nitrogens with one attached hydrogen (secondary N) is 1. The van der Waals surface area contributed by atoms with Crippen LogP contribution < -0.4 is 20.9 Å². The fourth-order valence-corrected chi connectivity index (χ4v) is 4.48. The molecule has 3 aromatic rings. The van der Waals surface area contributed by atoms with E-state index in [0.29, 0.717) is 13.2 Å². The molecule has 1 unspecified atom stereocenters. The van der Waals surface area contributed by atoms with Gasteiger partial charge in [-0.25, -0.2) is 0 Å². The second-order valence-corrected chi connectivity index (χ2v) is 8.70. The lowest BCUT2D eigenvalue weighted by atomic mass is 10.1. The molecule has 2 aromatic carbocycles. The number of aromatic nitrogens is 2. The Morgan fingerprint density at radius 3 is 2.45 bits per heavy atom. The summed E-state index contributed by atoms with van der Waals surface area (Å²) in [5.74, 6) is 2.55.